The maximum atomic E-state index is 10.5. The highest BCUT2D eigenvalue weighted by Gasteiger charge is 2.04. The minimum Gasteiger partial charge on any atom is -0.493 e. The maximum Gasteiger partial charge on any atom is 0.328 e. The Morgan fingerprint density at radius 1 is 1.47 bits per heavy atom. The molecule has 0 aromatic heterocycles. The number of aliphatic carboxylic acids is 1. The molecule has 0 spiro atoms. The zero-order valence-corrected chi connectivity index (χ0v) is 10.8. The summed E-state index contributed by atoms with van der Waals surface area (Å²) in [6.07, 6.45) is 9.14. The summed E-state index contributed by atoms with van der Waals surface area (Å²) in [4.78, 5) is 10.5. The highest BCUT2D eigenvalue weighted by Crippen LogP contribution is 2.28. The van der Waals surface area contributed by atoms with E-state index in [1.54, 1.807) is 25.3 Å². The zero-order valence-electron chi connectivity index (χ0n) is 10.8. The Labute approximate surface area is 112 Å². The molecule has 100 valence electrons. The summed E-state index contributed by atoms with van der Waals surface area (Å²) in [5, 5.41) is 8.58. The van der Waals surface area contributed by atoms with E-state index in [4.69, 9.17) is 21.0 Å². The summed E-state index contributed by atoms with van der Waals surface area (Å²) >= 11 is 0. The van der Waals surface area contributed by atoms with Gasteiger partial charge in [-0.15, -0.1) is 12.3 Å². The van der Waals surface area contributed by atoms with Crippen molar-refractivity contribution in [3.8, 4) is 23.8 Å². The highest BCUT2D eigenvalue weighted by atomic mass is 16.5. The van der Waals surface area contributed by atoms with Crippen LogP contribution in [-0.2, 0) is 4.79 Å². The number of benzene rings is 1. The monoisotopic (exact) mass is 260 g/mol. The van der Waals surface area contributed by atoms with Gasteiger partial charge in [0.1, 0.15) is 0 Å². The van der Waals surface area contributed by atoms with Gasteiger partial charge in [0.05, 0.1) is 13.7 Å². The smallest absolute Gasteiger partial charge is 0.328 e. The van der Waals surface area contributed by atoms with Gasteiger partial charge in [-0.3, -0.25) is 0 Å². The summed E-state index contributed by atoms with van der Waals surface area (Å²) in [6, 6.07) is 5.22. The Morgan fingerprint density at radius 2 is 2.26 bits per heavy atom. The normalized spacial score (nSPS) is 10.1. The molecule has 4 nitrogen and oxygen atoms in total. The molecule has 0 bridgehead atoms. The van der Waals surface area contributed by atoms with Crippen LogP contribution in [0.15, 0.2) is 24.3 Å². The summed E-state index contributed by atoms with van der Waals surface area (Å²) in [5.74, 6) is 2.73. The minimum absolute atomic E-state index is 0.493. The summed E-state index contributed by atoms with van der Waals surface area (Å²) < 4.78 is 10.8. The van der Waals surface area contributed by atoms with Crippen molar-refractivity contribution >= 4 is 12.0 Å². The molecule has 0 heterocycles. The number of carbonyl (C=O) groups is 1. The lowest BCUT2D eigenvalue weighted by molar-refractivity contribution is -0.131. The van der Waals surface area contributed by atoms with Crippen LogP contribution in [0.2, 0.25) is 0 Å². The Kier molecular flexibility index (Phi) is 6.04. The molecule has 1 rings (SSSR count). The topological polar surface area (TPSA) is 55.8 Å². The van der Waals surface area contributed by atoms with Gasteiger partial charge >= 0.3 is 5.97 Å². The number of unbranched alkanes of at least 4 members (excludes halogenated alkanes) is 1. The second-order valence-corrected chi connectivity index (χ2v) is 3.74. The average molecular weight is 260 g/mol. The fraction of sp³-hybridized carbons (Fsp3) is 0.267. The van der Waals surface area contributed by atoms with Crippen molar-refractivity contribution in [2.75, 3.05) is 13.7 Å². The first-order valence-corrected chi connectivity index (χ1v) is 5.82. The molecule has 0 saturated heterocycles. The van der Waals surface area contributed by atoms with Crippen molar-refractivity contribution in [2.24, 2.45) is 0 Å². The van der Waals surface area contributed by atoms with E-state index in [0.29, 0.717) is 24.5 Å². The van der Waals surface area contributed by atoms with Crippen molar-refractivity contribution < 1.29 is 19.4 Å². The van der Waals surface area contributed by atoms with Crippen LogP contribution in [-0.4, -0.2) is 24.8 Å². The molecule has 1 aromatic rings. The van der Waals surface area contributed by atoms with E-state index in [1.807, 2.05) is 0 Å². The minimum atomic E-state index is -0.993. The number of hydrogen-bond donors (Lipinski definition) is 1. The SMILES string of the molecule is C#CCCCOc1cc(/C=C/C(=O)O)ccc1OC. The highest BCUT2D eigenvalue weighted by molar-refractivity contribution is 5.85. The van der Waals surface area contributed by atoms with E-state index in [-0.39, 0.29) is 0 Å². The van der Waals surface area contributed by atoms with Crippen LogP contribution in [0.3, 0.4) is 0 Å². The van der Waals surface area contributed by atoms with Gasteiger partial charge in [-0.05, 0) is 30.2 Å². The molecule has 0 saturated carbocycles. The first-order chi connectivity index (χ1) is 9.17. The van der Waals surface area contributed by atoms with Crippen LogP contribution < -0.4 is 9.47 Å². The lowest BCUT2D eigenvalue weighted by Crippen LogP contribution is -1.99. The van der Waals surface area contributed by atoms with E-state index in [1.165, 1.54) is 6.08 Å². The standard InChI is InChI=1S/C15H16O4/c1-3-4-5-10-19-14-11-12(7-9-15(16)17)6-8-13(14)18-2/h1,6-9,11H,4-5,10H2,2H3,(H,16,17)/b9-7+. The average Bonchev–Trinajstić information content (AvgIpc) is 2.41. The fourth-order valence-corrected chi connectivity index (χ4v) is 1.43. The van der Waals surface area contributed by atoms with Gasteiger partial charge in [-0.25, -0.2) is 4.79 Å². The molecule has 0 atom stereocenters. The van der Waals surface area contributed by atoms with Gasteiger partial charge in [-0.1, -0.05) is 6.07 Å². The molecule has 0 amide bonds. The third-order valence-corrected chi connectivity index (χ3v) is 2.33. The molecular weight excluding hydrogens is 244 g/mol. The lowest BCUT2D eigenvalue weighted by Gasteiger charge is -2.10. The van der Waals surface area contributed by atoms with Crippen molar-refractivity contribution in [1.82, 2.24) is 0 Å². The first kappa shape index (κ1) is 14.7. The third kappa shape index (κ3) is 5.17. The fourth-order valence-electron chi connectivity index (χ4n) is 1.43. The van der Waals surface area contributed by atoms with Crippen molar-refractivity contribution in [3.05, 3.63) is 29.8 Å². The molecular formula is C15H16O4. The number of ether oxygens (including phenoxy) is 2. The maximum absolute atomic E-state index is 10.5. The Bertz CT molecular complexity index is 497. The second kappa shape index (κ2) is 7.83. The first-order valence-electron chi connectivity index (χ1n) is 5.82. The largest absolute Gasteiger partial charge is 0.493 e. The van der Waals surface area contributed by atoms with Crippen LogP contribution >= 0.6 is 0 Å². The van der Waals surface area contributed by atoms with Gasteiger partial charge in [0.2, 0.25) is 0 Å². The predicted molar refractivity (Wildman–Crippen MR) is 73.2 cm³/mol. The van der Waals surface area contributed by atoms with Gasteiger partial charge in [0.15, 0.2) is 11.5 Å². The predicted octanol–water partition coefficient (Wildman–Crippen LogP) is 2.59. The Hall–Kier alpha value is -2.41. The molecule has 0 unspecified atom stereocenters. The number of hydrogen-bond acceptors (Lipinski definition) is 3. The van der Waals surface area contributed by atoms with Gasteiger partial charge in [0.25, 0.3) is 0 Å². The van der Waals surface area contributed by atoms with Gasteiger partial charge in [0, 0.05) is 12.5 Å². The molecule has 0 aliphatic rings. The number of carboxylic acid groups (broad SMARTS) is 1. The van der Waals surface area contributed by atoms with E-state index >= 15 is 0 Å². The quantitative estimate of drug-likeness (QED) is 0.465. The van der Waals surface area contributed by atoms with E-state index in [2.05, 4.69) is 5.92 Å². The summed E-state index contributed by atoms with van der Waals surface area (Å²) in [7, 11) is 1.55. The molecule has 0 aliphatic carbocycles. The number of rotatable bonds is 7. The number of carboxylic acids is 1. The molecule has 0 fully saturated rings. The van der Waals surface area contributed by atoms with Crippen LogP contribution in [0.4, 0.5) is 0 Å². The molecule has 4 heteroatoms. The molecule has 0 aliphatic heterocycles. The Morgan fingerprint density at radius 3 is 2.89 bits per heavy atom. The van der Waals surface area contributed by atoms with E-state index in [0.717, 1.165) is 18.1 Å². The van der Waals surface area contributed by atoms with Crippen molar-refractivity contribution in [1.29, 1.82) is 0 Å². The summed E-state index contributed by atoms with van der Waals surface area (Å²) in [6.45, 7) is 0.493. The lowest BCUT2D eigenvalue weighted by atomic mass is 10.2. The van der Waals surface area contributed by atoms with E-state index in [9.17, 15) is 4.79 Å². The summed E-state index contributed by atoms with van der Waals surface area (Å²) in [5.41, 5.74) is 0.732. The molecule has 19 heavy (non-hydrogen) atoms. The molecule has 1 N–H and O–H groups in total. The second-order valence-electron chi connectivity index (χ2n) is 3.74. The molecule has 1 aromatic carbocycles. The van der Waals surface area contributed by atoms with Crippen molar-refractivity contribution in [2.45, 2.75) is 12.8 Å². The number of methoxy groups -OCH3 is 1. The van der Waals surface area contributed by atoms with Gasteiger partial charge < -0.3 is 14.6 Å². The van der Waals surface area contributed by atoms with Gasteiger partial charge in [-0.2, -0.15) is 0 Å². The number of terminal acetylenes is 1. The van der Waals surface area contributed by atoms with Crippen LogP contribution in [0.5, 0.6) is 11.5 Å². The van der Waals surface area contributed by atoms with Crippen LogP contribution in [0, 0.1) is 12.3 Å². The van der Waals surface area contributed by atoms with Crippen molar-refractivity contribution in [3.63, 3.8) is 0 Å². The third-order valence-electron chi connectivity index (χ3n) is 2.33. The zero-order chi connectivity index (χ0) is 14.1. The van der Waals surface area contributed by atoms with Crippen LogP contribution in [0.1, 0.15) is 18.4 Å². The molecule has 0 radical (unpaired) electrons. The van der Waals surface area contributed by atoms with E-state index < -0.39 is 5.97 Å². The Balaban J connectivity index is 2.78. The van der Waals surface area contributed by atoms with Crippen LogP contribution in [0.25, 0.3) is 6.08 Å².